The van der Waals surface area contributed by atoms with Gasteiger partial charge in [0.15, 0.2) is 0 Å². The second-order valence-corrected chi connectivity index (χ2v) is 11.4. The van der Waals surface area contributed by atoms with Crippen LogP contribution in [0.5, 0.6) is 5.75 Å². The summed E-state index contributed by atoms with van der Waals surface area (Å²) in [7, 11) is 0. The van der Waals surface area contributed by atoms with E-state index in [0.717, 1.165) is 62.0 Å². The Bertz CT molecular complexity index is 1170. The van der Waals surface area contributed by atoms with Gasteiger partial charge in [0.2, 0.25) is 0 Å². The normalized spacial score (nSPS) is 14.6. The van der Waals surface area contributed by atoms with Gasteiger partial charge in [0.1, 0.15) is 11.4 Å². The Kier molecular flexibility index (Phi) is 10.5. The fraction of sp³-hybridized carbons (Fsp3) is 0.471. The number of unbranched alkanes of at least 4 members (excludes halogenated alkanes) is 2. The Balaban J connectivity index is 1.49. The second kappa shape index (κ2) is 14.3. The van der Waals surface area contributed by atoms with E-state index in [1.807, 2.05) is 24.4 Å². The number of phenolic OH excluding ortho intramolecular Hbond substituents is 1. The van der Waals surface area contributed by atoms with E-state index in [0.29, 0.717) is 18.2 Å². The minimum absolute atomic E-state index is 0.0211. The summed E-state index contributed by atoms with van der Waals surface area (Å²) in [6.07, 6.45) is 9.66. The molecule has 1 N–H and O–H groups in total. The number of rotatable bonds is 12. The lowest BCUT2D eigenvalue weighted by molar-refractivity contribution is 0.0540. The Morgan fingerprint density at radius 1 is 1.00 bits per heavy atom. The monoisotopic (exact) mass is 527 g/mol. The first kappa shape index (κ1) is 28.8. The zero-order valence-corrected chi connectivity index (χ0v) is 24.0. The summed E-state index contributed by atoms with van der Waals surface area (Å²) >= 11 is 0. The second-order valence-electron chi connectivity index (χ2n) is 11.4. The number of hydrogen-bond donors (Lipinski definition) is 1. The highest BCUT2D eigenvalue weighted by molar-refractivity contribution is 5.92. The highest BCUT2D eigenvalue weighted by Crippen LogP contribution is 2.26. The molecule has 4 rings (SSSR count). The number of carbonyl (C=O) groups excluding carboxylic acids is 1. The van der Waals surface area contributed by atoms with Crippen LogP contribution in [0.2, 0.25) is 0 Å². The van der Waals surface area contributed by atoms with E-state index in [1.54, 1.807) is 12.1 Å². The number of phenols is 1. The Morgan fingerprint density at radius 2 is 1.74 bits per heavy atom. The van der Waals surface area contributed by atoms with Gasteiger partial charge in [-0.2, -0.15) is 0 Å². The number of pyridine rings is 1. The van der Waals surface area contributed by atoms with Crippen molar-refractivity contribution in [3.05, 3.63) is 83.7 Å². The van der Waals surface area contributed by atoms with Crippen molar-refractivity contribution in [2.24, 2.45) is 5.92 Å². The van der Waals surface area contributed by atoms with Crippen molar-refractivity contribution in [2.75, 3.05) is 19.6 Å². The summed E-state index contributed by atoms with van der Waals surface area (Å²) < 4.78 is 0. The maximum atomic E-state index is 13.9. The van der Waals surface area contributed by atoms with Crippen molar-refractivity contribution in [2.45, 2.75) is 78.3 Å². The van der Waals surface area contributed by atoms with E-state index in [2.05, 4.69) is 65.9 Å². The number of amides is 1. The highest BCUT2D eigenvalue weighted by atomic mass is 16.3. The summed E-state index contributed by atoms with van der Waals surface area (Å²) in [5.74, 6) is 0.990. The van der Waals surface area contributed by atoms with E-state index in [-0.39, 0.29) is 17.7 Å². The molecule has 5 nitrogen and oxygen atoms in total. The number of aromatic hydroxyl groups is 1. The zero-order valence-electron chi connectivity index (χ0n) is 24.0. The molecule has 1 aliphatic rings. The predicted molar refractivity (Wildman–Crippen MR) is 160 cm³/mol. The van der Waals surface area contributed by atoms with Crippen molar-refractivity contribution in [3.63, 3.8) is 0 Å². The molecule has 0 atom stereocenters. The standard InChI is InChI=1S/C34H45N3O2/c1-4-5-6-8-27-13-16-33(35-24-27)34(39)37(31-18-21-36(22-19-31)20-17-26(2)3)25-28-11-14-29(15-12-28)30-9-7-10-32(38)23-30/h7,9-16,23-24,26,31,38H,4-6,8,17-22,25H2,1-3H3. The van der Waals surface area contributed by atoms with Gasteiger partial charge in [0.25, 0.3) is 5.91 Å². The smallest absolute Gasteiger partial charge is 0.272 e. The van der Waals surface area contributed by atoms with E-state index in [4.69, 9.17) is 0 Å². The van der Waals surface area contributed by atoms with Crippen molar-refractivity contribution < 1.29 is 9.90 Å². The van der Waals surface area contributed by atoms with Gasteiger partial charge in [-0.1, -0.05) is 76.1 Å². The third kappa shape index (κ3) is 8.40. The van der Waals surface area contributed by atoms with Crippen LogP contribution in [0.1, 0.15) is 80.9 Å². The van der Waals surface area contributed by atoms with E-state index < -0.39 is 0 Å². The predicted octanol–water partition coefficient (Wildman–Crippen LogP) is 7.34. The van der Waals surface area contributed by atoms with E-state index >= 15 is 0 Å². The molecule has 1 amide bonds. The molecule has 39 heavy (non-hydrogen) atoms. The van der Waals surface area contributed by atoms with Crippen LogP contribution in [-0.2, 0) is 13.0 Å². The molecule has 1 saturated heterocycles. The third-order valence-corrected chi connectivity index (χ3v) is 7.88. The summed E-state index contributed by atoms with van der Waals surface area (Å²) in [5, 5.41) is 9.86. The van der Waals surface area contributed by atoms with Crippen LogP contribution in [-0.4, -0.2) is 51.5 Å². The molecule has 5 heteroatoms. The van der Waals surface area contributed by atoms with Crippen LogP contribution >= 0.6 is 0 Å². The van der Waals surface area contributed by atoms with Crippen LogP contribution in [0.25, 0.3) is 11.1 Å². The van der Waals surface area contributed by atoms with Gasteiger partial charge in [-0.15, -0.1) is 0 Å². The van der Waals surface area contributed by atoms with E-state index in [1.165, 1.54) is 24.8 Å². The van der Waals surface area contributed by atoms with E-state index in [9.17, 15) is 9.90 Å². The molecule has 0 spiro atoms. The van der Waals surface area contributed by atoms with Crippen LogP contribution in [0.15, 0.2) is 66.9 Å². The highest BCUT2D eigenvalue weighted by Gasteiger charge is 2.29. The molecule has 1 aromatic heterocycles. The molecule has 0 aliphatic carbocycles. The number of aromatic nitrogens is 1. The lowest BCUT2D eigenvalue weighted by Crippen LogP contribution is -2.47. The SMILES string of the molecule is CCCCCc1ccc(C(=O)N(Cc2ccc(-c3cccc(O)c3)cc2)C2CCN(CCC(C)C)CC2)nc1. The maximum Gasteiger partial charge on any atom is 0.272 e. The molecular formula is C34H45N3O2. The first-order valence-corrected chi connectivity index (χ1v) is 14.8. The molecular weight excluding hydrogens is 482 g/mol. The molecule has 2 aromatic carbocycles. The minimum atomic E-state index is 0.0211. The average molecular weight is 528 g/mol. The fourth-order valence-electron chi connectivity index (χ4n) is 5.37. The molecule has 1 aliphatic heterocycles. The van der Waals surface area contributed by atoms with Crippen molar-refractivity contribution in [1.82, 2.24) is 14.8 Å². The number of aryl methyl sites for hydroxylation is 1. The minimum Gasteiger partial charge on any atom is -0.508 e. The van der Waals surface area contributed by atoms with Crippen molar-refractivity contribution in [1.29, 1.82) is 0 Å². The van der Waals surface area contributed by atoms with Gasteiger partial charge in [-0.3, -0.25) is 9.78 Å². The van der Waals surface area contributed by atoms with Gasteiger partial charge in [0, 0.05) is 31.9 Å². The van der Waals surface area contributed by atoms with Crippen LogP contribution in [0, 0.1) is 5.92 Å². The van der Waals surface area contributed by atoms with Gasteiger partial charge >= 0.3 is 0 Å². The maximum absolute atomic E-state index is 13.9. The molecule has 208 valence electrons. The number of nitrogens with zero attached hydrogens (tertiary/aromatic N) is 3. The molecule has 0 radical (unpaired) electrons. The topological polar surface area (TPSA) is 56.7 Å². The quantitative estimate of drug-likeness (QED) is 0.250. The molecule has 2 heterocycles. The van der Waals surface area contributed by atoms with Gasteiger partial charge in [0.05, 0.1) is 0 Å². The van der Waals surface area contributed by atoms with Crippen LogP contribution in [0.4, 0.5) is 0 Å². The number of likely N-dealkylation sites (tertiary alicyclic amines) is 1. The van der Waals surface area contributed by atoms with Crippen molar-refractivity contribution in [3.8, 4) is 16.9 Å². The Hall–Kier alpha value is -3.18. The first-order chi connectivity index (χ1) is 18.9. The van der Waals surface area contributed by atoms with Crippen LogP contribution in [0.3, 0.4) is 0 Å². The van der Waals surface area contributed by atoms with Crippen molar-refractivity contribution >= 4 is 5.91 Å². The lowest BCUT2D eigenvalue weighted by Gasteiger charge is -2.38. The summed E-state index contributed by atoms with van der Waals surface area (Å²) in [6.45, 7) is 10.5. The molecule has 3 aromatic rings. The first-order valence-electron chi connectivity index (χ1n) is 14.8. The molecule has 1 fully saturated rings. The molecule has 0 saturated carbocycles. The summed E-state index contributed by atoms with van der Waals surface area (Å²) in [5.41, 5.74) is 4.86. The number of piperidine rings is 1. The largest absolute Gasteiger partial charge is 0.508 e. The summed E-state index contributed by atoms with van der Waals surface area (Å²) in [6, 6.07) is 19.8. The summed E-state index contributed by atoms with van der Waals surface area (Å²) in [4.78, 5) is 23.1. The molecule has 0 unspecified atom stereocenters. The Morgan fingerprint density at radius 3 is 2.38 bits per heavy atom. The molecule has 0 bridgehead atoms. The van der Waals surface area contributed by atoms with Crippen LogP contribution < -0.4 is 0 Å². The van der Waals surface area contributed by atoms with Gasteiger partial charge in [-0.25, -0.2) is 0 Å². The number of carbonyl (C=O) groups is 1. The number of hydrogen-bond acceptors (Lipinski definition) is 4. The average Bonchev–Trinajstić information content (AvgIpc) is 2.96. The van der Waals surface area contributed by atoms with Gasteiger partial charge < -0.3 is 14.9 Å². The van der Waals surface area contributed by atoms with Gasteiger partial charge in [-0.05, 0) is 85.0 Å². The zero-order chi connectivity index (χ0) is 27.6. The lowest BCUT2D eigenvalue weighted by atomic mass is 9.99. The third-order valence-electron chi connectivity index (χ3n) is 7.88. The number of benzene rings is 2. The fourth-order valence-corrected chi connectivity index (χ4v) is 5.37. The Labute approximate surface area is 234 Å².